The van der Waals surface area contributed by atoms with E-state index in [-0.39, 0.29) is 6.61 Å². The average Bonchev–Trinajstić information content (AvgIpc) is 2.14. The van der Waals surface area contributed by atoms with Gasteiger partial charge in [-0.1, -0.05) is 0 Å². The van der Waals surface area contributed by atoms with Crippen molar-refractivity contribution in [3.63, 3.8) is 0 Å². The zero-order valence-electron chi connectivity index (χ0n) is 7.22. The zero-order valence-corrected chi connectivity index (χ0v) is 8.81. The minimum Gasteiger partial charge on any atom is -0.464 e. The van der Waals surface area contributed by atoms with Crippen LogP contribution in [0.3, 0.4) is 0 Å². The topological polar surface area (TPSA) is 26.3 Å². The fraction of sp³-hybridized carbons (Fsp3) is 0.857. The molecule has 0 N–H and O–H groups in total. The van der Waals surface area contributed by atoms with E-state index in [0.29, 0.717) is 0 Å². The van der Waals surface area contributed by atoms with Crippen LogP contribution in [0.4, 0.5) is 17.6 Å². The number of alkyl halides is 5. The highest BCUT2D eigenvalue weighted by Crippen LogP contribution is 2.21. The van der Waals surface area contributed by atoms with Crippen LogP contribution in [0, 0.1) is 0 Å². The Bertz CT molecular complexity index is 191. The molecule has 0 aromatic heterocycles. The largest absolute Gasteiger partial charge is 0.464 e. The lowest BCUT2D eigenvalue weighted by Crippen LogP contribution is -2.38. The second-order valence-corrected chi connectivity index (χ2v) is 3.25. The van der Waals surface area contributed by atoms with E-state index in [1.807, 2.05) is 0 Å². The minimum absolute atomic E-state index is 0.156. The molecule has 0 heterocycles. The maximum absolute atomic E-state index is 12.7. The average molecular weight is 281 g/mol. The Kier molecular flexibility index (Phi) is 6.06. The molecule has 84 valence electrons. The molecule has 0 spiro atoms. The summed E-state index contributed by atoms with van der Waals surface area (Å²) in [7, 11) is 0. The summed E-state index contributed by atoms with van der Waals surface area (Å²) in [4.78, 5) is 10.6. The quantitative estimate of drug-likeness (QED) is 0.439. The van der Waals surface area contributed by atoms with Crippen LogP contribution in [0.2, 0.25) is 0 Å². The predicted molar refractivity (Wildman–Crippen MR) is 45.1 cm³/mol. The fourth-order valence-electron chi connectivity index (χ4n) is 0.652. The Morgan fingerprint density at radius 2 is 1.79 bits per heavy atom. The Labute approximate surface area is 86.7 Å². The number of rotatable bonds is 5. The Morgan fingerprint density at radius 1 is 1.29 bits per heavy atom. The van der Waals surface area contributed by atoms with Gasteiger partial charge in [0.15, 0.2) is 17.4 Å². The summed E-state index contributed by atoms with van der Waals surface area (Å²) in [5, 5.41) is -2.36. The third-order valence-electron chi connectivity index (χ3n) is 1.34. The minimum atomic E-state index is -2.87. The third-order valence-corrected chi connectivity index (χ3v) is 1.84. The molecule has 0 aliphatic carbocycles. The van der Waals surface area contributed by atoms with E-state index in [4.69, 9.17) is 0 Å². The molecule has 0 amide bonds. The molecule has 0 aliphatic rings. The second-order valence-electron chi connectivity index (χ2n) is 2.38. The van der Waals surface area contributed by atoms with Gasteiger partial charge < -0.3 is 4.74 Å². The monoisotopic (exact) mass is 280 g/mol. The van der Waals surface area contributed by atoms with Gasteiger partial charge in [-0.25, -0.2) is 22.4 Å². The molecule has 14 heavy (non-hydrogen) atoms. The number of carbonyl (C=O) groups excluding carboxylic acids is 1. The van der Waals surface area contributed by atoms with Gasteiger partial charge in [-0.15, -0.1) is 0 Å². The van der Waals surface area contributed by atoms with Crippen molar-refractivity contribution in [3.8, 4) is 0 Å². The summed E-state index contributed by atoms with van der Waals surface area (Å²) in [5.74, 6) is -1.53. The Balaban J connectivity index is 4.23. The van der Waals surface area contributed by atoms with E-state index in [2.05, 4.69) is 20.7 Å². The van der Waals surface area contributed by atoms with Crippen LogP contribution in [0.15, 0.2) is 0 Å². The van der Waals surface area contributed by atoms with Crippen molar-refractivity contribution >= 4 is 21.9 Å². The molecule has 0 saturated heterocycles. The van der Waals surface area contributed by atoms with Gasteiger partial charge in [0.1, 0.15) is 0 Å². The molecule has 4 unspecified atom stereocenters. The van der Waals surface area contributed by atoms with Gasteiger partial charge in [-0.05, 0) is 22.9 Å². The van der Waals surface area contributed by atoms with Crippen LogP contribution in [0.5, 0.6) is 0 Å². The van der Waals surface area contributed by atoms with Gasteiger partial charge >= 0.3 is 5.97 Å². The molecule has 7 heteroatoms. The second kappa shape index (κ2) is 6.21. The van der Waals surface area contributed by atoms with Crippen LogP contribution in [0.25, 0.3) is 0 Å². The molecular formula is C7H9BrF4O2. The lowest BCUT2D eigenvalue weighted by atomic mass is 10.2. The highest BCUT2D eigenvalue weighted by Gasteiger charge is 2.39. The molecule has 0 aromatic rings. The number of hydrogen-bond donors (Lipinski definition) is 0. The highest BCUT2D eigenvalue weighted by molar-refractivity contribution is 9.09. The van der Waals surface area contributed by atoms with Gasteiger partial charge in [-0.3, -0.25) is 0 Å². The zero-order chi connectivity index (χ0) is 11.3. The summed E-state index contributed by atoms with van der Waals surface area (Å²) in [6.45, 7) is 1.23. The maximum Gasteiger partial charge on any atom is 0.343 e. The molecule has 0 aromatic carbocycles. The van der Waals surface area contributed by atoms with E-state index >= 15 is 0 Å². The first-order valence-electron chi connectivity index (χ1n) is 3.78. The summed E-state index contributed by atoms with van der Waals surface area (Å²) in [5.41, 5.74) is 0. The van der Waals surface area contributed by atoms with Crippen LogP contribution >= 0.6 is 15.9 Å². The summed E-state index contributed by atoms with van der Waals surface area (Å²) in [6.07, 6.45) is -8.42. The number of esters is 1. The van der Waals surface area contributed by atoms with E-state index in [1.165, 1.54) is 6.92 Å². The van der Waals surface area contributed by atoms with Gasteiger partial charge in [0.25, 0.3) is 0 Å². The Hall–Kier alpha value is -0.330. The van der Waals surface area contributed by atoms with Gasteiger partial charge in [0, 0.05) is 0 Å². The molecule has 0 fully saturated rings. The fourth-order valence-corrected chi connectivity index (χ4v) is 0.944. The van der Waals surface area contributed by atoms with Crippen molar-refractivity contribution in [2.75, 3.05) is 6.61 Å². The van der Waals surface area contributed by atoms with Gasteiger partial charge in [0.05, 0.1) is 6.61 Å². The summed E-state index contributed by atoms with van der Waals surface area (Å²) >= 11 is 2.10. The lowest BCUT2D eigenvalue weighted by Gasteiger charge is -2.16. The van der Waals surface area contributed by atoms with Crippen LogP contribution in [-0.4, -0.2) is 36.2 Å². The van der Waals surface area contributed by atoms with Crippen LogP contribution in [0.1, 0.15) is 6.92 Å². The molecule has 0 saturated carbocycles. The molecule has 0 bridgehead atoms. The summed E-state index contributed by atoms with van der Waals surface area (Å²) in [6, 6.07) is 0. The first-order chi connectivity index (χ1) is 6.41. The van der Waals surface area contributed by atoms with E-state index in [9.17, 15) is 22.4 Å². The molecule has 2 nitrogen and oxygen atoms in total. The molecule has 0 aliphatic heterocycles. The van der Waals surface area contributed by atoms with Crippen molar-refractivity contribution in [3.05, 3.63) is 0 Å². The van der Waals surface area contributed by atoms with Crippen molar-refractivity contribution < 1.29 is 27.1 Å². The first-order valence-corrected chi connectivity index (χ1v) is 4.70. The Morgan fingerprint density at radius 3 is 2.14 bits per heavy atom. The predicted octanol–water partition coefficient (Wildman–Crippen LogP) is 2.25. The smallest absolute Gasteiger partial charge is 0.343 e. The van der Waals surface area contributed by atoms with E-state index in [0.717, 1.165) is 0 Å². The standard InChI is InChI=1S/C7H9BrF4O2/c1-2-14-7(13)5(11)3(9)4(10)6(8)12/h3-6H,2H2,1H3. The molecule has 0 rings (SSSR count). The number of hydrogen-bond acceptors (Lipinski definition) is 2. The number of carbonyl (C=O) groups is 1. The molecular weight excluding hydrogens is 272 g/mol. The summed E-state index contributed by atoms with van der Waals surface area (Å²) < 4.78 is 54.2. The van der Waals surface area contributed by atoms with Gasteiger partial charge in [-0.2, -0.15) is 0 Å². The van der Waals surface area contributed by atoms with Gasteiger partial charge in [0.2, 0.25) is 6.17 Å². The molecule has 4 atom stereocenters. The third kappa shape index (κ3) is 3.81. The first kappa shape index (κ1) is 13.7. The maximum atomic E-state index is 12.7. The van der Waals surface area contributed by atoms with Crippen molar-refractivity contribution in [2.45, 2.75) is 30.5 Å². The van der Waals surface area contributed by atoms with Crippen molar-refractivity contribution in [2.24, 2.45) is 0 Å². The molecule has 0 radical (unpaired) electrons. The van der Waals surface area contributed by atoms with Crippen LogP contribution in [-0.2, 0) is 9.53 Å². The van der Waals surface area contributed by atoms with Crippen molar-refractivity contribution in [1.82, 2.24) is 0 Å². The highest BCUT2D eigenvalue weighted by atomic mass is 79.9. The normalized spacial score (nSPS) is 19.6. The SMILES string of the molecule is CCOC(=O)C(F)C(F)C(F)C(F)Br. The lowest BCUT2D eigenvalue weighted by molar-refractivity contribution is -0.153. The van der Waals surface area contributed by atoms with Crippen molar-refractivity contribution in [1.29, 1.82) is 0 Å². The van der Waals surface area contributed by atoms with Crippen LogP contribution < -0.4 is 0 Å². The number of ether oxygens (including phenoxy) is 1. The van der Waals surface area contributed by atoms with E-state index in [1.54, 1.807) is 0 Å². The number of halogens is 5. The van der Waals surface area contributed by atoms with E-state index < -0.39 is 29.6 Å².